The molecular formula is C10H19N3O3. The van der Waals surface area contributed by atoms with E-state index in [0.717, 1.165) is 0 Å². The lowest BCUT2D eigenvalue weighted by Gasteiger charge is -2.17. The molecule has 16 heavy (non-hydrogen) atoms. The molecule has 0 aliphatic heterocycles. The average molecular weight is 229 g/mol. The number of carbonyl (C=O) groups excluding carboxylic acids is 3. The number of primary amides is 1. The maximum atomic E-state index is 11.4. The molecule has 0 aliphatic rings. The first kappa shape index (κ1) is 14.4. The van der Waals surface area contributed by atoms with Gasteiger partial charge in [0.15, 0.2) is 0 Å². The Morgan fingerprint density at radius 2 is 1.75 bits per heavy atom. The minimum absolute atomic E-state index is 0.159. The Labute approximate surface area is 94.9 Å². The highest BCUT2D eigenvalue weighted by atomic mass is 16.2. The van der Waals surface area contributed by atoms with Crippen molar-refractivity contribution in [3.8, 4) is 0 Å². The zero-order chi connectivity index (χ0) is 12.9. The van der Waals surface area contributed by atoms with Crippen molar-refractivity contribution in [2.24, 2.45) is 11.1 Å². The van der Waals surface area contributed by atoms with Crippen LogP contribution in [0, 0.1) is 5.41 Å². The van der Waals surface area contributed by atoms with E-state index in [1.165, 1.54) is 6.92 Å². The Morgan fingerprint density at radius 1 is 1.25 bits per heavy atom. The van der Waals surface area contributed by atoms with E-state index in [9.17, 15) is 14.4 Å². The Kier molecular flexibility index (Phi) is 4.94. The number of amides is 3. The van der Waals surface area contributed by atoms with Crippen LogP contribution in [0.4, 0.5) is 0 Å². The Balaban J connectivity index is 4.01. The van der Waals surface area contributed by atoms with Crippen LogP contribution in [-0.4, -0.2) is 30.3 Å². The fourth-order valence-electron chi connectivity index (χ4n) is 0.789. The zero-order valence-corrected chi connectivity index (χ0v) is 10.1. The standard InChI is InChI=1S/C10H19N3O3/c1-6(8(11)15)13-7(14)5-12-9(16)10(2,3)4/h6H,5H2,1-4H3,(H2,11,15)(H,12,16)(H,13,14)/t6-/m0/s1. The molecule has 0 saturated heterocycles. The van der Waals surface area contributed by atoms with Crippen LogP contribution >= 0.6 is 0 Å². The van der Waals surface area contributed by atoms with Crippen LogP contribution in [0.5, 0.6) is 0 Å². The molecule has 0 aromatic heterocycles. The van der Waals surface area contributed by atoms with E-state index in [4.69, 9.17) is 5.73 Å². The molecule has 0 saturated carbocycles. The van der Waals surface area contributed by atoms with Crippen LogP contribution in [0.2, 0.25) is 0 Å². The summed E-state index contributed by atoms with van der Waals surface area (Å²) in [4.78, 5) is 33.3. The molecule has 0 rings (SSSR count). The monoisotopic (exact) mass is 229 g/mol. The number of rotatable bonds is 4. The van der Waals surface area contributed by atoms with Gasteiger partial charge >= 0.3 is 0 Å². The molecule has 6 nitrogen and oxygen atoms in total. The van der Waals surface area contributed by atoms with Crippen molar-refractivity contribution in [2.45, 2.75) is 33.7 Å². The lowest BCUT2D eigenvalue weighted by Crippen LogP contribution is -2.47. The number of carbonyl (C=O) groups is 3. The predicted octanol–water partition coefficient (Wildman–Crippen LogP) is -0.861. The van der Waals surface area contributed by atoms with Crippen LogP contribution < -0.4 is 16.4 Å². The van der Waals surface area contributed by atoms with E-state index in [1.807, 2.05) is 0 Å². The van der Waals surface area contributed by atoms with Crippen molar-refractivity contribution < 1.29 is 14.4 Å². The van der Waals surface area contributed by atoms with E-state index in [1.54, 1.807) is 20.8 Å². The number of nitrogens with one attached hydrogen (secondary N) is 2. The Hall–Kier alpha value is -1.59. The third-order valence-electron chi connectivity index (χ3n) is 1.89. The summed E-state index contributed by atoms with van der Waals surface area (Å²) in [7, 11) is 0. The number of hydrogen-bond acceptors (Lipinski definition) is 3. The fraction of sp³-hybridized carbons (Fsp3) is 0.700. The molecule has 0 heterocycles. The molecular weight excluding hydrogens is 210 g/mol. The SMILES string of the molecule is C[C@H](NC(=O)CNC(=O)C(C)(C)C)C(N)=O. The Morgan fingerprint density at radius 3 is 2.12 bits per heavy atom. The summed E-state index contributed by atoms with van der Waals surface area (Å²) in [5.41, 5.74) is 4.42. The van der Waals surface area contributed by atoms with Crippen LogP contribution in [0.15, 0.2) is 0 Å². The van der Waals surface area contributed by atoms with Crippen LogP contribution in [0.25, 0.3) is 0 Å². The third-order valence-corrected chi connectivity index (χ3v) is 1.89. The molecule has 0 aromatic carbocycles. The minimum atomic E-state index is -0.737. The molecule has 0 fully saturated rings. The summed E-state index contributed by atoms with van der Waals surface area (Å²) in [6.07, 6.45) is 0. The minimum Gasteiger partial charge on any atom is -0.368 e. The first-order chi connectivity index (χ1) is 7.14. The molecule has 1 atom stereocenters. The second-order valence-corrected chi connectivity index (χ2v) is 4.62. The maximum Gasteiger partial charge on any atom is 0.240 e. The summed E-state index contributed by atoms with van der Waals surface area (Å²) >= 11 is 0. The molecule has 6 heteroatoms. The quantitative estimate of drug-likeness (QED) is 0.584. The van der Waals surface area contributed by atoms with Gasteiger partial charge in [-0.1, -0.05) is 20.8 Å². The van der Waals surface area contributed by atoms with Crippen molar-refractivity contribution in [2.75, 3.05) is 6.54 Å². The molecule has 0 radical (unpaired) electrons. The Bertz CT molecular complexity index is 294. The van der Waals surface area contributed by atoms with Gasteiger partial charge in [-0.2, -0.15) is 0 Å². The summed E-state index contributed by atoms with van der Waals surface area (Å²) in [5.74, 6) is -1.28. The van der Waals surface area contributed by atoms with Gasteiger partial charge in [0.1, 0.15) is 6.04 Å². The fourth-order valence-corrected chi connectivity index (χ4v) is 0.789. The second-order valence-electron chi connectivity index (χ2n) is 4.62. The van der Waals surface area contributed by atoms with Crippen LogP contribution in [0.1, 0.15) is 27.7 Å². The van der Waals surface area contributed by atoms with Crippen molar-refractivity contribution in [3.05, 3.63) is 0 Å². The lowest BCUT2D eigenvalue weighted by molar-refractivity contribution is -0.131. The highest BCUT2D eigenvalue weighted by Gasteiger charge is 2.21. The van der Waals surface area contributed by atoms with Gasteiger partial charge in [-0.15, -0.1) is 0 Å². The molecule has 0 aromatic rings. The van der Waals surface area contributed by atoms with Crippen molar-refractivity contribution in [1.82, 2.24) is 10.6 Å². The average Bonchev–Trinajstić information content (AvgIpc) is 2.12. The molecule has 0 spiro atoms. The van der Waals surface area contributed by atoms with Crippen molar-refractivity contribution in [1.29, 1.82) is 0 Å². The largest absolute Gasteiger partial charge is 0.368 e. The van der Waals surface area contributed by atoms with Crippen LogP contribution in [0.3, 0.4) is 0 Å². The highest BCUT2D eigenvalue weighted by Crippen LogP contribution is 2.11. The summed E-state index contributed by atoms with van der Waals surface area (Å²) in [6, 6.07) is -0.737. The van der Waals surface area contributed by atoms with Gasteiger partial charge in [0, 0.05) is 5.41 Å². The molecule has 4 N–H and O–H groups in total. The zero-order valence-electron chi connectivity index (χ0n) is 10.1. The lowest BCUT2D eigenvalue weighted by atomic mass is 9.96. The van der Waals surface area contributed by atoms with Gasteiger partial charge in [0.25, 0.3) is 0 Å². The van der Waals surface area contributed by atoms with E-state index in [-0.39, 0.29) is 12.5 Å². The third kappa shape index (κ3) is 5.33. The van der Waals surface area contributed by atoms with E-state index in [2.05, 4.69) is 10.6 Å². The topological polar surface area (TPSA) is 101 Å². The smallest absolute Gasteiger partial charge is 0.240 e. The van der Waals surface area contributed by atoms with Gasteiger partial charge in [-0.25, -0.2) is 0 Å². The molecule has 92 valence electrons. The van der Waals surface area contributed by atoms with Gasteiger partial charge in [-0.05, 0) is 6.92 Å². The summed E-state index contributed by atoms with van der Waals surface area (Å²) in [6.45, 7) is 6.55. The maximum absolute atomic E-state index is 11.4. The van der Waals surface area contributed by atoms with Crippen molar-refractivity contribution in [3.63, 3.8) is 0 Å². The van der Waals surface area contributed by atoms with Gasteiger partial charge in [0.2, 0.25) is 17.7 Å². The molecule has 0 aliphatic carbocycles. The second kappa shape index (κ2) is 5.48. The van der Waals surface area contributed by atoms with Crippen LogP contribution in [-0.2, 0) is 14.4 Å². The first-order valence-corrected chi connectivity index (χ1v) is 5.01. The van der Waals surface area contributed by atoms with Gasteiger partial charge < -0.3 is 16.4 Å². The number of nitrogens with two attached hydrogens (primary N) is 1. The molecule has 3 amide bonds. The van der Waals surface area contributed by atoms with E-state index >= 15 is 0 Å². The molecule has 0 bridgehead atoms. The predicted molar refractivity (Wildman–Crippen MR) is 59.3 cm³/mol. The van der Waals surface area contributed by atoms with E-state index in [0.29, 0.717) is 0 Å². The first-order valence-electron chi connectivity index (χ1n) is 5.01. The van der Waals surface area contributed by atoms with Gasteiger partial charge in [0.05, 0.1) is 6.54 Å². The van der Waals surface area contributed by atoms with Gasteiger partial charge in [-0.3, -0.25) is 14.4 Å². The number of hydrogen-bond donors (Lipinski definition) is 3. The highest BCUT2D eigenvalue weighted by molar-refractivity contribution is 5.90. The van der Waals surface area contributed by atoms with E-state index < -0.39 is 23.3 Å². The summed E-state index contributed by atoms with van der Waals surface area (Å²) in [5, 5.41) is 4.82. The van der Waals surface area contributed by atoms with Crippen molar-refractivity contribution >= 4 is 17.7 Å². The molecule has 0 unspecified atom stereocenters. The normalized spacial score (nSPS) is 12.8. The summed E-state index contributed by atoms with van der Waals surface area (Å²) < 4.78 is 0.